The summed E-state index contributed by atoms with van der Waals surface area (Å²) in [5, 5.41) is 9.17. The lowest BCUT2D eigenvalue weighted by atomic mass is 9.96. The van der Waals surface area contributed by atoms with Crippen molar-refractivity contribution < 1.29 is 14.3 Å². The minimum Gasteiger partial charge on any atom is -0.478 e. The van der Waals surface area contributed by atoms with Crippen LogP contribution in [0.4, 0.5) is 4.39 Å². The van der Waals surface area contributed by atoms with Gasteiger partial charge in [-0.05, 0) is 30.7 Å². The number of aryl methyl sites for hydroxylation is 1. The molecule has 0 aliphatic rings. The minimum atomic E-state index is -1.10. The lowest BCUT2D eigenvalue weighted by Gasteiger charge is -2.09. The Morgan fingerprint density at radius 2 is 2.11 bits per heavy atom. The highest BCUT2D eigenvalue weighted by molar-refractivity contribution is 5.96. The van der Waals surface area contributed by atoms with Gasteiger partial charge in [0, 0.05) is 23.0 Å². The molecule has 0 amide bonds. The number of hydrogen-bond donors (Lipinski definition) is 1. The van der Waals surface area contributed by atoms with Gasteiger partial charge in [-0.15, -0.1) is 6.42 Å². The average molecular weight is 255 g/mol. The number of carboxylic acid groups (broad SMARTS) is 1. The van der Waals surface area contributed by atoms with E-state index in [1.54, 1.807) is 13.0 Å². The largest absolute Gasteiger partial charge is 0.478 e. The van der Waals surface area contributed by atoms with Gasteiger partial charge in [-0.25, -0.2) is 9.18 Å². The number of rotatable bonds is 2. The maximum atomic E-state index is 13.2. The Morgan fingerprint density at radius 3 is 2.74 bits per heavy atom. The first-order valence-corrected chi connectivity index (χ1v) is 5.49. The van der Waals surface area contributed by atoms with Crippen LogP contribution in [0.3, 0.4) is 0 Å². The molecule has 0 aliphatic carbocycles. The molecular weight excluding hydrogens is 245 g/mol. The monoisotopic (exact) mass is 255 g/mol. The highest BCUT2D eigenvalue weighted by atomic mass is 19.1. The van der Waals surface area contributed by atoms with Crippen LogP contribution in [0.2, 0.25) is 0 Å². The summed E-state index contributed by atoms with van der Waals surface area (Å²) in [6.07, 6.45) is 6.62. The van der Waals surface area contributed by atoms with Gasteiger partial charge in [-0.2, -0.15) is 0 Å². The number of aromatic carboxylic acids is 1. The summed E-state index contributed by atoms with van der Waals surface area (Å²) in [7, 11) is 0. The quantitative estimate of drug-likeness (QED) is 0.839. The van der Waals surface area contributed by atoms with E-state index >= 15 is 0 Å². The SMILES string of the molecule is C#Cc1cc(F)ccc1-c1cc(C)ncc1C(=O)O. The second-order valence-corrected chi connectivity index (χ2v) is 4.01. The van der Waals surface area contributed by atoms with E-state index in [0.717, 1.165) is 0 Å². The Bertz CT molecular complexity index is 702. The summed E-state index contributed by atoms with van der Waals surface area (Å²) in [6.45, 7) is 1.74. The highest BCUT2D eigenvalue weighted by Gasteiger charge is 2.15. The highest BCUT2D eigenvalue weighted by Crippen LogP contribution is 2.27. The molecule has 1 aromatic heterocycles. The van der Waals surface area contributed by atoms with Crippen molar-refractivity contribution >= 4 is 5.97 Å². The van der Waals surface area contributed by atoms with Gasteiger partial charge in [-0.3, -0.25) is 4.98 Å². The van der Waals surface area contributed by atoms with E-state index < -0.39 is 11.8 Å². The molecule has 2 rings (SSSR count). The smallest absolute Gasteiger partial charge is 0.337 e. The fourth-order valence-electron chi connectivity index (χ4n) is 1.82. The van der Waals surface area contributed by atoms with Gasteiger partial charge in [-0.1, -0.05) is 12.0 Å². The van der Waals surface area contributed by atoms with Crippen molar-refractivity contribution in [1.82, 2.24) is 4.98 Å². The summed E-state index contributed by atoms with van der Waals surface area (Å²) in [6, 6.07) is 5.55. The van der Waals surface area contributed by atoms with Crippen molar-refractivity contribution in [2.45, 2.75) is 6.92 Å². The number of aromatic nitrogens is 1. The first kappa shape index (κ1) is 12.8. The molecule has 1 heterocycles. The van der Waals surface area contributed by atoms with Crippen molar-refractivity contribution in [3.8, 4) is 23.5 Å². The van der Waals surface area contributed by atoms with Crippen LogP contribution in [0.1, 0.15) is 21.6 Å². The van der Waals surface area contributed by atoms with Gasteiger partial charge in [0.05, 0.1) is 5.56 Å². The Balaban J connectivity index is 2.75. The molecule has 4 heteroatoms. The second kappa shape index (κ2) is 4.91. The molecule has 3 nitrogen and oxygen atoms in total. The van der Waals surface area contributed by atoms with Crippen molar-refractivity contribution in [3.63, 3.8) is 0 Å². The Morgan fingerprint density at radius 1 is 1.37 bits per heavy atom. The molecule has 1 aromatic carbocycles. The molecule has 1 N–H and O–H groups in total. The van der Waals surface area contributed by atoms with E-state index in [0.29, 0.717) is 22.4 Å². The lowest BCUT2D eigenvalue weighted by Crippen LogP contribution is -2.02. The summed E-state index contributed by atoms with van der Waals surface area (Å²) in [4.78, 5) is 15.2. The fraction of sp³-hybridized carbons (Fsp3) is 0.0667. The molecule has 0 atom stereocenters. The normalized spacial score (nSPS) is 9.95. The zero-order valence-corrected chi connectivity index (χ0v) is 10.1. The number of pyridine rings is 1. The number of terminal acetylenes is 1. The van der Waals surface area contributed by atoms with E-state index in [2.05, 4.69) is 10.9 Å². The van der Waals surface area contributed by atoms with Crippen molar-refractivity contribution in [2.75, 3.05) is 0 Å². The Labute approximate surface area is 109 Å². The van der Waals surface area contributed by atoms with Crippen LogP contribution in [0.5, 0.6) is 0 Å². The summed E-state index contributed by atoms with van der Waals surface area (Å²) in [5.74, 6) is 0.806. The van der Waals surface area contributed by atoms with Crippen LogP contribution in [0.25, 0.3) is 11.1 Å². The number of carboxylic acids is 1. The number of hydrogen-bond acceptors (Lipinski definition) is 2. The van der Waals surface area contributed by atoms with E-state index in [4.69, 9.17) is 6.42 Å². The summed E-state index contributed by atoms with van der Waals surface area (Å²) in [5.41, 5.74) is 1.95. The fourth-order valence-corrected chi connectivity index (χ4v) is 1.82. The van der Waals surface area contributed by atoms with Crippen molar-refractivity contribution in [1.29, 1.82) is 0 Å². The van der Waals surface area contributed by atoms with Crippen LogP contribution in [-0.4, -0.2) is 16.1 Å². The molecule has 0 radical (unpaired) electrons. The molecule has 0 spiro atoms. The van der Waals surface area contributed by atoms with Gasteiger partial charge < -0.3 is 5.11 Å². The molecule has 0 fully saturated rings. The number of halogens is 1. The maximum absolute atomic E-state index is 13.2. The van der Waals surface area contributed by atoms with Gasteiger partial charge in [0.15, 0.2) is 0 Å². The third kappa shape index (κ3) is 2.45. The van der Waals surface area contributed by atoms with E-state index in [1.165, 1.54) is 24.4 Å². The summed E-state index contributed by atoms with van der Waals surface area (Å²) < 4.78 is 13.2. The van der Waals surface area contributed by atoms with Gasteiger partial charge >= 0.3 is 5.97 Å². The lowest BCUT2D eigenvalue weighted by molar-refractivity contribution is 0.0697. The molecule has 0 aliphatic heterocycles. The second-order valence-electron chi connectivity index (χ2n) is 4.01. The minimum absolute atomic E-state index is 0.0358. The summed E-state index contributed by atoms with van der Waals surface area (Å²) >= 11 is 0. The number of nitrogens with zero attached hydrogens (tertiary/aromatic N) is 1. The third-order valence-corrected chi connectivity index (χ3v) is 2.70. The van der Waals surface area contributed by atoms with Crippen LogP contribution in [-0.2, 0) is 0 Å². The number of carbonyl (C=O) groups is 1. The van der Waals surface area contributed by atoms with Gasteiger partial charge in [0.25, 0.3) is 0 Å². The Hall–Kier alpha value is -2.67. The van der Waals surface area contributed by atoms with Crippen molar-refractivity contribution in [2.24, 2.45) is 0 Å². The number of benzene rings is 1. The first-order chi connectivity index (χ1) is 9.02. The van der Waals surface area contributed by atoms with Gasteiger partial charge in [0.2, 0.25) is 0 Å². The van der Waals surface area contributed by atoms with Gasteiger partial charge in [0.1, 0.15) is 5.82 Å². The molecule has 0 bridgehead atoms. The topological polar surface area (TPSA) is 50.2 Å². The van der Waals surface area contributed by atoms with E-state index in [-0.39, 0.29) is 5.56 Å². The predicted molar refractivity (Wildman–Crippen MR) is 69.3 cm³/mol. The average Bonchev–Trinajstić information content (AvgIpc) is 2.38. The first-order valence-electron chi connectivity index (χ1n) is 5.49. The van der Waals surface area contributed by atoms with Crippen LogP contribution in [0, 0.1) is 25.1 Å². The predicted octanol–water partition coefficient (Wildman–Crippen LogP) is 2.88. The van der Waals surface area contributed by atoms with Crippen LogP contribution in [0.15, 0.2) is 30.5 Å². The maximum Gasteiger partial charge on any atom is 0.337 e. The van der Waals surface area contributed by atoms with E-state index in [1.807, 2.05) is 0 Å². The van der Waals surface area contributed by atoms with Crippen molar-refractivity contribution in [3.05, 3.63) is 53.1 Å². The van der Waals surface area contributed by atoms with Crippen LogP contribution < -0.4 is 0 Å². The van der Waals surface area contributed by atoms with Crippen LogP contribution >= 0.6 is 0 Å². The molecule has 0 saturated carbocycles. The standard InChI is InChI=1S/C15H10FNO2/c1-3-10-7-11(16)4-5-12(10)13-6-9(2)17-8-14(13)15(18)19/h1,4-8H,2H3,(H,18,19). The molecule has 19 heavy (non-hydrogen) atoms. The Kier molecular flexibility index (Phi) is 3.30. The molecule has 2 aromatic rings. The molecular formula is C15H10FNO2. The zero-order chi connectivity index (χ0) is 14.0. The zero-order valence-electron chi connectivity index (χ0n) is 10.1. The van der Waals surface area contributed by atoms with E-state index in [9.17, 15) is 14.3 Å². The molecule has 94 valence electrons. The molecule has 0 saturated heterocycles. The molecule has 0 unspecified atom stereocenters. The third-order valence-electron chi connectivity index (χ3n) is 2.70.